The molecule has 0 unspecified atom stereocenters. The molecule has 1 aromatic heterocycles. The summed E-state index contributed by atoms with van der Waals surface area (Å²) in [6.45, 7) is 3.17. The Kier molecular flexibility index (Phi) is 8.33. The number of halogens is 2. The number of phenolic OH excluding ortho intramolecular Hbond substituents is 1. The second-order valence-corrected chi connectivity index (χ2v) is 8.58. The molecule has 2 aromatic carbocycles. The number of amides is 1. The largest absolute Gasteiger partial charge is 0.507 e. The molecule has 0 atom stereocenters. The van der Waals surface area contributed by atoms with Crippen LogP contribution in [0, 0.1) is 0 Å². The Morgan fingerprint density at radius 1 is 1.29 bits per heavy atom. The summed E-state index contributed by atoms with van der Waals surface area (Å²) in [7, 11) is 0. The molecule has 3 N–H and O–H groups in total. The number of aromatic nitrogens is 3. The monoisotopic (exact) mass is 522 g/mol. The first-order chi connectivity index (χ1) is 15.0. The maximum absolute atomic E-state index is 12.1. The van der Waals surface area contributed by atoms with E-state index in [-0.39, 0.29) is 17.4 Å². The third-order valence-electron chi connectivity index (χ3n) is 4.12. The topological polar surface area (TPSA) is 104 Å². The highest BCUT2D eigenvalue weighted by molar-refractivity contribution is 9.10. The third-order valence-corrected chi connectivity index (χ3v) is 5.83. The molecule has 0 spiro atoms. The van der Waals surface area contributed by atoms with Crippen LogP contribution in [0.1, 0.15) is 18.3 Å². The van der Waals surface area contributed by atoms with Crippen LogP contribution in [0.3, 0.4) is 0 Å². The van der Waals surface area contributed by atoms with Crippen LogP contribution in [0.25, 0.3) is 0 Å². The van der Waals surface area contributed by atoms with Gasteiger partial charge in [-0.05, 0) is 49.4 Å². The van der Waals surface area contributed by atoms with Gasteiger partial charge in [0.25, 0.3) is 5.91 Å². The van der Waals surface area contributed by atoms with E-state index in [1.165, 1.54) is 18.0 Å². The number of carbonyl (C=O) groups excluding carboxylic acids is 1. The van der Waals surface area contributed by atoms with Crippen LogP contribution >= 0.6 is 39.3 Å². The van der Waals surface area contributed by atoms with E-state index >= 15 is 0 Å². The first kappa shape index (κ1) is 23.1. The number of phenols is 1. The van der Waals surface area contributed by atoms with Crippen LogP contribution in [0.4, 0.5) is 5.69 Å². The van der Waals surface area contributed by atoms with Gasteiger partial charge in [0.1, 0.15) is 5.75 Å². The number of hydrogen-bond acceptors (Lipinski definition) is 7. The van der Waals surface area contributed by atoms with Crippen molar-refractivity contribution in [3.05, 3.63) is 63.3 Å². The number of aromatic hydroxyl groups is 1. The second kappa shape index (κ2) is 11.2. The van der Waals surface area contributed by atoms with E-state index in [0.717, 1.165) is 16.0 Å². The summed E-state index contributed by atoms with van der Waals surface area (Å²) in [5, 5.41) is 26.7. The van der Waals surface area contributed by atoms with Gasteiger partial charge >= 0.3 is 0 Å². The normalized spacial score (nSPS) is 11.1. The van der Waals surface area contributed by atoms with Crippen molar-refractivity contribution in [2.75, 3.05) is 11.1 Å². The summed E-state index contributed by atoms with van der Waals surface area (Å²) in [6.07, 6.45) is 1.39. The number of hydrogen-bond donors (Lipinski definition) is 3. The van der Waals surface area contributed by atoms with Gasteiger partial charge in [0.15, 0.2) is 11.0 Å². The van der Waals surface area contributed by atoms with Gasteiger partial charge in [-0.2, -0.15) is 5.10 Å². The molecule has 1 heterocycles. The van der Waals surface area contributed by atoms with Crippen molar-refractivity contribution in [1.82, 2.24) is 20.2 Å². The average Bonchev–Trinajstić information content (AvgIpc) is 3.16. The van der Waals surface area contributed by atoms with Gasteiger partial charge in [-0.25, -0.2) is 5.43 Å². The van der Waals surface area contributed by atoms with Crippen molar-refractivity contribution in [3.8, 4) is 5.75 Å². The summed E-state index contributed by atoms with van der Waals surface area (Å²) in [6, 6.07) is 12.4. The minimum atomic E-state index is -0.290. The number of benzene rings is 2. The standard InChI is InChI=1S/C20H20BrClN6O2S/c1-2-28-18(11-23-16-6-4-15(22)5-7-16)25-27-20(28)31-12-19(30)26-24-10-13-9-14(21)3-8-17(13)29/h3-10,23,29H,2,11-12H2,1H3,(H,26,30). The van der Waals surface area contributed by atoms with Crippen molar-refractivity contribution in [3.63, 3.8) is 0 Å². The molecule has 3 aromatic rings. The minimum Gasteiger partial charge on any atom is -0.507 e. The van der Waals surface area contributed by atoms with Crippen molar-refractivity contribution >= 4 is 57.1 Å². The molecule has 0 fully saturated rings. The minimum absolute atomic E-state index is 0.0753. The second-order valence-electron chi connectivity index (χ2n) is 6.29. The molecule has 0 saturated carbocycles. The maximum atomic E-state index is 12.1. The maximum Gasteiger partial charge on any atom is 0.250 e. The van der Waals surface area contributed by atoms with E-state index in [2.05, 4.69) is 42.0 Å². The van der Waals surface area contributed by atoms with Gasteiger partial charge < -0.3 is 15.0 Å². The highest BCUT2D eigenvalue weighted by Gasteiger charge is 2.13. The molecule has 11 heteroatoms. The predicted octanol–water partition coefficient (Wildman–Crippen LogP) is 4.27. The molecule has 0 radical (unpaired) electrons. The van der Waals surface area contributed by atoms with Crippen molar-refractivity contribution in [2.45, 2.75) is 25.2 Å². The fourth-order valence-corrected chi connectivity index (χ4v) is 3.91. The van der Waals surface area contributed by atoms with Crippen LogP contribution in [0.2, 0.25) is 5.02 Å². The Morgan fingerprint density at radius 2 is 2.06 bits per heavy atom. The lowest BCUT2D eigenvalue weighted by atomic mass is 10.2. The van der Waals surface area contributed by atoms with Crippen molar-refractivity contribution < 1.29 is 9.90 Å². The zero-order valence-corrected chi connectivity index (χ0v) is 19.7. The molecule has 1 amide bonds. The first-order valence-electron chi connectivity index (χ1n) is 9.31. The lowest BCUT2D eigenvalue weighted by Gasteiger charge is -2.09. The van der Waals surface area contributed by atoms with E-state index in [9.17, 15) is 9.90 Å². The molecule has 0 aliphatic heterocycles. The van der Waals surface area contributed by atoms with E-state index in [4.69, 9.17) is 11.6 Å². The zero-order chi connectivity index (χ0) is 22.2. The van der Waals surface area contributed by atoms with Crippen LogP contribution in [0.5, 0.6) is 5.75 Å². The van der Waals surface area contributed by atoms with Gasteiger partial charge in [0.2, 0.25) is 0 Å². The van der Waals surface area contributed by atoms with Crippen LogP contribution < -0.4 is 10.7 Å². The zero-order valence-electron chi connectivity index (χ0n) is 16.5. The molecular weight excluding hydrogens is 504 g/mol. The van der Waals surface area contributed by atoms with Crippen LogP contribution in [0.15, 0.2) is 57.2 Å². The van der Waals surface area contributed by atoms with Crippen molar-refractivity contribution in [2.24, 2.45) is 5.10 Å². The Bertz CT molecular complexity index is 1070. The van der Waals surface area contributed by atoms with Crippen LogP contribution in [-0.2, 0) is 17.9 Å². The number of nitrogens with one attached hydrogen (secondary N) is 2. The highest BCUT2D eigenvalue weighted by atomic mass is 79.9. The molecule has 3 rings (SSSR count). The summed E-state index contributed by atoms with van der Waals surface area (Å²) < 4.78 is 2.75. The van der Waals surface area contributed by atoms with Gasteiger partial charge in [0, 0.05) is 27.3 Å². The number of rotatable bonds is 9. The summed E-state index contributed by atoms with van der Waals surface area (Å²) in [5.74, 6) is 0.682. The Hall–Kier alpha value is -2.56. The lowest BCUT2D eigenvalue weighted by molar-refractivity contribution is -0.118. The van der Waals surface area contributed by atoms with Gasteiger partial charge in [0.05, 0.1) is 18.5 Å². The van der Waals surface area contributed by atoms with Crippen LogP contribution in [-0.4, -0.2) is 37.7 Å². The molecule has 0 saturated heterocycles. The highest BCUT2D eigenvalue weighted by Crippen LogP contribution is 2.20. The summed E-state index contributed by atoms with van der Waals surface area (Å²) >= 11 is 10.5. The SMILES string of the molecule is CCn1c(CNc2ccc(Cl)cc2)nnc1SCC(=O)NN=Cc1cc(Br)ccc1O. The first-order valence-corrected chi connectivity index (χ1v) is 11.5. The Labute approximate surface area is 197 Å². The number of hydrazone groups is 1. The molecule has 31 heavy (non-hydrogen) atoms. The number of carbonyl (C=O) groups is 1. The smallest absolute Gasteiger partial charge is 0.250 e. The van der Waals surface area contributed by atoms with Gasteiger partial charge in [-0.15, -0.1) is 10.2 Å². The predicted molar refractivity (Wildman–Crippen MR) is 127 cm³/mol. The van der Waals surface area contributed by atoms with E-state index in [0.29, 0.717) is 28.8 Å². The molecular formula is C20H20BrClN6O2S. The lowest BCUT2D eigenvalue weighted by Crippen LogP contribution is -2.20. The summed E-state index contributed by atoms with van der Waals surface area (Å²) in [4.78, 5) is 12.1. The average molecular weight is 524 g/mol. The number of anilines is 1. The molecule has 162 valence electrons. The van der Waals surface area contributed by atoms with Gasteiger partial charge in [-0.1, -0.05) is 39.3 Å². The molecule has 0 bridgehead atoms. The Balaban J connectivity index is 1.52. The van der Waals surface area contributed by atoms with Crippen molar-refractivity contribution in [1.29, 1.82) is 0 Å². The third kappa shape index (κ3) is 6.71. The van der Waals surface area contributed by atoms with Gasteiger partial charge in [-0.3, -0.25) is 4.79 Å². The number of thioether (sulfide) groups is 1. The Morgan fingerprint density at radius 3 is 2.81 bits per heavy atom. The molecule has 0 aliphatic carbocycles. The summed E-state index contributed by atoms with van der Waals surface area (Å²) in [5.41, 5.74) is 3.87. The molecule has 8 nitrogen and oxygen atoms in total. The quantitative estimate of drug-likeness (QED) is 0.220. The van der Waals surface area contributed by atoms with E-state index in [1.54, 1.807) is 18.2 Å². The fraction of sp³-hybridized carbons (Fsp3) is 0.200. The van der Waals surface area contributed by atoms with E-state index < -0.39 is 0 Å². The fourth-order valence-electron chi connectivity index (χ4n) is 2.59. The molecule has 0 aliphatic rings. The number of nitrogens with zero attached hydrogens (tertiary/aromatic N) is 4. The van der Waals surface area contributed by atoms with E-state index in [1.807, 2.05) is 35.8 Å².